The summed E-state index contributed by atoms with van der Waals surface area (Å²) in [4.78, 5) is 12.1. The third kappa shape index (κ3) is 5.03. The van der Waals surface area contributed by atoms with E-state index in [1.54, 1.807) is 6.92 Å². The number of hydrogen-bond acceptors (Lipinski definition) is 4. The summed E-state index contributed by atoms with van der Waals surface area (Å²) < 4.78 is 46.5. The van der Waals surface area contributed by atoms with Crippen LogP contribution in [-0.4, -0.2) is 34.6 Å². The molecule has 2 aromatic rings. The number of nitrogens with one attached hydrogen (secondary N) is 2. The van der Waals surface area contributed by atoms with Gasteiger partial charge in [-0.05, 0) is 42.8 Å². The van der Waals surface area contributed by atoms with E-state index in [4.69, 9.17) is 4.74 Å². The predicted octanol–water partition coefficient (Wildman–Crippen LogP) is 3.07. The van der Waals surface area contributed by atoms with E-state index in [1.165, 1.54) is 37.4 Å². The molecular weight excluding hydrogens is 427 g/mol. The van der Waals surface area contributed by atoms with Crippen LogP contribution in [0.3, 0.4) is 0 Å². The lowest BCUT2D eigenvalue weighted by molar-refractivity contribution is 0.0936. The van der Waals surface area contributed by atoms with Gasteiger partial charge < -0.3 is 10.1 Å². The second kappa shape index (κ2) is 8.61. The van der Waals surface area contributed by atoms with Crippen LogP contribution in [0.5, 0.6) is 0 Å². The summed E-state index contributed by atoms with van der Waals surface area (Å²) in [5.74, 6) is -1.13. The van der Waals surface area contributed by atoms with Gasteiger partial charge in [0.05, 0.1) is 17.2 Å². The van der Waals surface area contributed by atoms with Crippen molar-refractivity contribution in [2.75, 3.05) is 25.0 Å². The van der Waals surface area contributed by atoms with Crippen molar-refractivity contribution >= 4 is 37.5 Å². The van der Waals surface area contributed by atoms with Gasteiger partial charge in [0.15, 0.2) is 0 Å². The Balaban J connectivity index is 2.29. The molecule has 140 valence electrons. The molecule has 0 aliphatic carbocycles. The van der Waals surface area contributed by atoms with Crippen LogP contribution in [0.15, 0.2) is 45.8 Å². The van der Waals surface area contributed by atoms with E-state index in [2.05, 4.69) is 26.0 Å². The van der Waals surface area contributed by atoms with E-state index in [9.17, 15) is 17.6 Å². The van der Waals surface area contributed by atoms with Gasteiger partial charge in [0.1, 0.15) is 5.82 Å². The number of anilines is 1. The van der Waals surface area contributed by atoms with Crippen molar-refractivity contribution in [1.82, 2.24) is 5.32 Å². The number of amides is 1. The van der Waals surface area contributed by atoms with Gasteiger partial charge in [-0.15, -0.1) is 0 Å². The molecule has 6 nitrogen and oxygen atoms in total. The standard InChI is InChI=1S/C17H18BrFN2O4S/c1-11-3-5-13(10-14(11)17(22)20-7-8-25-2)26(23,24)21-16-6-4-12(18)9-15(16)19/h3-6,9-10,21H,7-8H2,1-2H3,(H,20,22). The Kier molecular flexibility index (Phi) is 6.74. The third-order valence-corrected chi connectivity index (χ3v) is 5.39. The molecule has 0 unspecified atom stereocenters. The average Bonchev–Trinajstić information content (AvgIpc) is 2.57. The Hall–Kier alpha value is -1.97. The van der Waals surface area contributed by atoms with Crippen LogP contribution in [0.25, 0.3) is 0 Å². The van der Waals surface area contributed by atoms with E-state index in [-0.39, 0.29) is 16.1 Å². The topological polar surface area (TPSA) is 84.5 Å². The lowest BCUT2D eigenvalue weighted by Crippen LogP contribution is -2.28. The average molecular weight is 445 g/mol. The first-order chi connectivity index (χ1) is 12.2. The molecule has 0 atom stereocenters. The highest BCUT2D eigenvalue weighted by atomic mass is 79.9. The molecule has 2 N–H and O–H groups in total. The van der Waals surface area contributed by atoms with E-state index >= 15 is 0 Å². The lowest BCUT2D eigenvalue weighted by atomic mass is 10.1. The summed E-state index contributed by atoms with van der Waals surface area (Å²) >= 11 is 3.11. The van der Waals surface area contributed by atoms with Gasteiger partial charge in [0.2, 0.25) is 0 Å². The van der Waals surface area contributed by atoms with Crippen molar-refractivity contribution in [2.45, 2.75) is 11.8 Å². The zero-order chi connectivity index (χ0) is 19.3. The number of aryl methyl sites for hydroxylation is 1. The number of sulfonamides is 1. The maximum absolute atomic E-state index is 13.9. The minimum absolute atomic E-state index is 0.137. The molecule has 0 radical (unpaired) electrons. The molecule has 26 heavy (non-hydrogen) atoms. The highest BCUT2D eigenvalue weighted by Crippen LogP contribution is 2.23. The summed E-state index contributed by atoms with van der Waals surface area (Å²) in [5.41, 5.74) is 0.661. The maximum atomic E-state index is 13.9. The first-order valence-corrected chi connectivity index (χ1v) is 9.88. The van der Waals surface area contributed by atoms with Crippen LogP contribution < -0.4 is 10.0 Å². The number of carbonyl (C=O) groups is 1. The summed E-state index contributed by atoms with van der Waals surface area (Å²) in [5, 5.41) is 2.64. The van der Waals surface area contributed by atoms with Crippen LogP contribution in [0.4, 0.5) is 10.1 Å². The number of halogens is 2. The molecule has 0 bridgehead atoms. The first kappa shape index (κ1) is 20.3. The molecule has 0 spiro atoms. The number of benzene rings is 2. The highest BCUT2D eigenvalue weighted by molar-refractivity contribution is 9.10. The van der Waals surface area contributed by atoms with Crippen molar-refractivity contribution in [3.63, 3.8) is 0 Å². The number of hydrogen-bond donors (Lipinski definition) is 2. The molecule has 0 fully saturated rings. The molecule has 0 heterocycles. The monoisotopic (exact) mass is 444 g/mol. The van der Waals surface area contributed by atoms with Crippen molar-refractivity contribution in [3.05, 3.63) is 57.8 Å². The van der Waals surface area contributed by atoms with Crippen LogP contribution in [0, 0.1) is 12.7 Å². The summed E-state index contributed by atoms with van der Waals surface area (Å²) in [6.45, 7) is 2.34. The largest absolute Gasteiger partial charge is 0.383 e. The fourth-order valence-corrected chi connectivity index (χ4v) is 3.58. The Morgan fingerprint density at radius 1 is 1.23 bits per heavy atom. The van der Waals surface area contributed by atoms with Gasteiger partial charge in [-0.1, -0.05) is 22.0 Å². The Bertz CT molecular complexity index is 919. The molecule has 1 amide bonds. The Morgan fingerprint density at radius 2 is 1.96 bits per heavy atom. The number of carbonyl (C=O) groups excluding carboxylic acids is 1. The summed E-state index contributed by atoms with van der Waals surface area (Å²) in [7, 11) is -2.55. The fourth-order valence-electron chi connectivity index (χ4n) is 2.15. The van der Waals surface area contributed by atoms with Crippen LogP contribution in [-0.2, 0) is 14.8 Å². The van der Waals surface area contributed by atoms with Gasteiger partial charge in [-0.2, -0.15) is 0 Å². The lowest BCUT2D eigenvalue weighted by Gasteiger charge is -2.12. The zero-order valence-electron chi connectivity index (χ0n) is 14.2. The Morgan fingerprint density at radius 3 is 2.62 bits per heavy atom. The highest BCUT2D eigenvalue weighted by Gasteiger charge is 2.19. The smallest absolute Gasteiger partial charge is 0.262 e. The van der Waals surface area contributed by atoms with Crippen molar-refractivity contribution in [3.8, 4) is 0 Å². The van der Waals surface area contributed by atoms with Crippen LogP contribution in [0.2, 0.25) is 0 Å². The second-order valence-electron chi connectivity index (χ2n) is 5.46. The fraction of sp³-hybridized carbons (Fsp3) is 0.235. The Labute approximate surface area is 159 Å². The maximum Gasteiger partial charge on any atom is 0.262 e. The minimum atomic E-state index is -4.06. The van der Waals surface area contributed by atoms with Crippen LogP contribution >= 0.6 is 15.9 Å². The normalized spacial score (nSPS) is 11.2. The van der Waals surface area contributed by atoms with E-state index in [1.807, 2.05) is 0 Å². The molecule has 2 aromatic carbocycles. The summed E-state index contributed by atoms with van der Waals surface area (Å²) in [6, 6.07) is 8.13. The molecule has 0 aliphatic heterocycles. The van der Waals surface area contributed by atoms with Crippen molar-refractivity contribution in [1.29, 1.82) is 0 Å². The van der Waals surface area contributed by atoms with E-state index < -0.39 is 21.7 Å². The molecule has 2 rings (SSSR count). The summed E-state index contributed by atoms with van der Waals surface area (Å²) in [6.07, 6.45) is 0. The molecule has 0 saturated carbocycles. The predicted molar refractivity (Wildman–Crippen MR) is 100 cm³/mol. The zero-order valence-corrected chi connectivity index (χ0v) is 16.6. The van der Waals surface area contributed by atoms with Gasteiger partial charge >= 0.3 is 0 Å². The number of rotatable bonds is 7. The van der Waals surface area contributed by atoms with Gasteiger partial charge in [-0.25, -0.2) is 12.8 Å². The molecular formula is C17H18BrFN2O4S. The van der Waals surface area contributed by atoms with Gasteiger partial charge in [0.25, 0.3) is 15.9 Å². The molecule has 0 aromatic heterocycles. The van der Waals surface area contributed by atoms with Gasteiger partial charge in [-0.3, -0.25) is 9.52 Å². The van der Waals surface area contributed by atoms with Crippen molar-refractivity contribution < 1.29 is 22.3 Å². The van der Waals surface area contributed by atoms with E-state index in [0.717, 1.165) is 6.07 Å². The number of methoxy groups -OCH3 is 1. The minimum Gasteiger partial charge on any atom is -0.383 e. The van der Waals surface area contributed by atoms with Crippen molar-refractivity contribution in [2.24, 2.45) is 0 Å². The van der Waals surface area contributed by atoms with Crippen LogP contribution in [0.1, 0.15) is 15.9 Å². The first-order valence-electron chi connectivity index (χ1n) is 7.60. The third-order valence-electron chi connectivity index (χ3n) is 3.53. The molecule has 0 saturated heterocycles. The molecule has 0 aliphatic rings. The quantitative estimate of drug-likeness (QED) is 0.642. The van der Waals surface area contributed by atoms with Gasteiger partial charge in [0, 0.05) is 23.7 Å². The van der Waals surface area contributed by atoms with E-state index in [0.29, 0.717) is 23.2 Å². The SMILES string of the molecule is COCCNC(=O)c1cc(S(=O)(=O)Nc2ccc(Br)cc2F)ccc1C. The number of ether oxygens (including phenoxy) is 1. The molecule has 9 heteroatoms. The second-order valence-corrected chi connectivity index (χ2v) is 8.05.